The van der Waals surface area contributed by atoms with Crippen LogP contribution in [0.25, 0.3) is 0 Å². The summed E-state index contributed by atoms with van der Waals surface area (Å²) in [5, 5.41) is 3.33. The first-order valence-electron chi connectivity index (χ1n) is 5.81. The van der Waals surface area contributed by atoms with Crippen LogP contribution in [-0.4, -0.2) is 19.1 Å². The number of halogens is 1. The Kier molecular flexibility index (Phi) is 5.43. The molecule has 0 heterocycles. The maximum absolute atomic E-state index is 13.0. The number of hydrogen-bond donors (Lipinski definition) is 2. The van der Waals surface area contributed by atoms with Crippen LogP contribution >= 0.6 is 0 Å². The summed E-state index contributed by atoms with van der Waals surface area (Å²) < 4.78 is 13.0. The van der Waals surface area contributed by atoms with Crippen LogP contribution in [0.1, 0.15) is 24.5 Å². The minimum atomic E-state index is -0.131. The first-order valence-corrected chi connectivity index (χ1v) is 5.81. The quantitative estimate of drug-likeness (QED) is 0.725. The maximum Gasteiger partial charge on any atom is 0.126 e. The lowest BCUT2D eigenvalue weighted by Gasteiger charge is -2.07. The second-order valence-electron chi connectivity index (χ2n) is 4.35. The molecule has 0 aliphatic carbocycles. The van der Waals surface area contributed by atoms with E-state index in [0.717, 1.165) is 25.9 Å². The van der Waals surface area contributed by atoms with Gasteiger partial charge < -0.3 is 11.1 Å². The van der Waals surface area contributed by atoms with Crippen molar-refractivity contribution in [3.8, 4) is 0 Å². The topological polar surface area (TPSA) is 38.0 Å². The van der Waals surface area contributed by atoms with E-state index >= 15 is 0 Å². The molecule has 0 saturated carbocycles. The highest BCUT2D eigenvalue weighted by Crippen LogP contribution is 2.09. The normalized spacial score (nSPS) is 12.8. The number of nitrogens with one attached hydrogen (secondary N) is 1. The molecule has 0 aliphatic rings. The lowest BCUT2D eigenvalue weighted by Crippen LogP contribution is -2.25. The highest BCUT2D eigenvalue weighted by atomic mass is 19.1. The molecule has 90 valence electrons. The zero-order chi connectivity index (χ0) is 12.0. The summed E-state index contributed by atoms with van der Waals surface area (Å²) in [6.07, 6.45) is 1.92. The van der Waals surface area contributed by atoms with Crippen molar-refractivity contribution in [2.24, 2.45) is 5.73 Å². The summed E-state index contributed by atoms with van der Waals surface area (Å²) in [6, 6.07) is 5.53. The Bertz CT molecular complexity index is 324. The van der Waals surface area contributed by atoms with Gasteiger partial charge in [-0.15, -0.1) is 0 Å². The van der Waals surface area contributed by atoms with Crippen LogP contribution in [0, 0.1) is 12.7 Å². The summed E-state index contributed by atoms with van der Waals surface area (Å²) >= 11 is 0. The third-order valence-electron chi connectivity index (χ3n) is 2.59. The van der Waals surface area contributed by atoms with Crippen LogP contribution in [-0.2, 0) is 6.42 Å². The van der Waals surface area contributed by atoms with Gasteiger partial charge in [0.1, 0.15) is 5.82 Å². The van der Waals surface area contributed by atoms with Crippen molar-refractivity contribution in [3.05, 3.63) is 35.1 Å². The van der Waals surface area contributed by atoms with E-state index in [1.165, 1.54) is 11.6 Å². The van der Waals surface area contributed by atoms with Crippen molar-refractivity contribution >= 4 is 0 Å². The Morgan fingerprint density at radius 1 is 1.38 bits per heavy atom. The Hall–Kier alpha value is -0.930. The fraction of sp³-hybridized carbons (Fsp3) is 0.538. The van der Waals surface area contributed by atoms with Crippen LogP contribution in [0.15, 0.2) is 18.2 Å². The Morgan fingerprint density at radius 2 is 2.12 bits per heavy atom. The zero-order valence-corrected chi connectivity index (χ0v) is 10.1. The third-order valence-corrected chi connectivity index (χ3v) is 2.59. The van der Waals surface area contributed by atoms with Crippen molar-refractivity contribution < 1.29 is 4.39 Å². The molecule has 3 heteroatoms. The van der Waals surface area contributed by atoms with Crippen molar-refractivity contribution in [1.29, 1.82) is 0 Å². The van der Waals surface area contributed by atoms with Gasteiger partial charge in [0.15, 0.2) is 0 Å². The minimum Gasteiger partial charge on any atom is -0.328 e. The lowest BCUT2D eigenvalue weighted by molar-refractivity contribution is 0.588. The van der Waals surface area contributed by atoms with Gasteiger partial charge in [-0.1, -0.05) is 12.1 Å². The molecule has 1 unspecified atom stereocenters. The standard InChI is InChI=1S/C13H21FN2/c1-10-9-12(3-4-13(10)14)6-8-16-7-5-11(2)15/h3-4,9,11,16H,5-8,15H2,1-2H3. The Morgan fingerprint density at radius 3 is 2.75 bits per heavy atom. The van der Waals surface area contributed by atoms with Gasteiger partial charge >= 0.3 is 0 Å². The second kappa shape index (κ2) is 6.61. The summed E-state index contributed by atoms with van der Waals surface area (Å²) in [5.74, 6) is -0.131. The number of aryl methyl sites for hydroxylation is 1. The maximum atomic E-state index is 13.0. The minimum absolute atomic E-state index is 0.131. The van der Waals surface area contributed by atoms with Gasteiger partial charge in [-0.25, -0.2) is 4.39 Å². The molecule has 2 nitrogen and oxygen atoms in total. The number of benzene rings is 1. The summed E-state index contributed by atoms with van der Waals surface area (Å²) in [5.41, 5.74) is 7.53. The summed E-state index contributed by atoms with van der Waals surface area (Å²) in [4.78, 5) is 0. The molecule has 0 spiro atoms. The van der Waals surface area contributed by atoms with Gasteiger partial charge in [0.05, 0.1) is 0 Å². The number of hydrogen-bond acceptors (Lipinski definition) is 2. The molecule has 0 radical (unpaired) electrons. The molecule has 0 fully saturated rings. The van der Waals surface area contributed by atoms with Crippen LogP contribution < -0.4 is 11.1 Å². The molecule has 0 bridgehead atoms. The van der Waals surface area contributed by atoms with Crippen molar-refractivity contribution in [2.75, 3.05) is 13.1 Å². The van der Waals surface area contributed by atoms with Crippen molar-refractivity contribution in [3.63, 3.8) is 0 Å². The predicted octanol–water partition coefficient (Wildman–Crippen LogP) is 2.00. The molecule has 1 aromatic carbocycles. The van der Waals surface area contributed by atoms with Crippen molar-refractivity contribution in [1.82, 2.24) is 5.32 Å². The van der Waals surface area contributed by atoms with Gasteiger partial charge in [0.2, 0.25) is 0 Å². The van der Waals surface area contributed by atoms with Crippen LogP contribution in [0.5, 0.6) is 0 Å². The molecule has 0 aliphatic heterocycles. The Balaban J connectivity index is 2.24. The SMILES string of the molecule is Cc1cc(CCNCCC(C)N)ccc1F. The lowest BCUT2D eigenvalue weighted by atomic mass is 10.1. The van der Waals surface area contributed by atoms with E-state index < -0.39 is 0 Å². The van der Waals surface area contributed by atoms with E-state index in [0.29, 0.717) is 5.56 Å². The molecular formula is C13H21FN2. The molecule has 1 atom stereocenters. The third kappa shape index (κ3) is 4.73. The average Bonchev–Trinajstić information content (AvgIpc) is 2.22. The molecule has 0 saturated heterocycles. The molecule has 0 aromatic heterocycles. The van der Waals surface area contributed by atoms with E-state index in [-0.39, 0.29) is 11.9 Å². The van der Waals surface area contributed by atoms with E-state index in [4.69, 9.17) is 5.73 Å². The number of rotatable bonds is 6. The highest BCUT2D eigenvalue weighted by molar-refractivity contribution is 5.24. The van der Waals surface area contributed by atoms with Crippen LogP contribution in [0.3, 0.4) is 0 Å². The van der Waals surface area contributed by atoms with Gasteiger partial charge in [-0.2, -0.15) is 0 Å². The van der Waals surface area contributed by atoms with Crippen LogP contribution in [0.4, 0.5) is 4.39 Å². The molecule has 0 amide bonds. The predicted molar refractivity (Wildman–Crippen MR) is 66.0 cm³/mol. The van der Waals surface area contributed by atoms with Gasteiger partial charge in [0, 0.05) is 6.04 Å². The fourth-order valence-electron chi connectivity index (χ4n) is 1.55. The first-order chi connectivity index (χ1) is 7.59. The summed E-state index contributed by atoms with van der Waals surface area (Å²) in [7, 11) is 0. The second-order valence-corrected chi connectivity index (χ2v) is 4.35. The smallest absolute Gasteiger partial charge is 0.126 e. The van der Waals surface area contributed by atoms with Crippen molar-refractivity contribution in [2.45, 2.75) is 32.7 Å². The van der Waals surface area contributed by atoms with Gasteiger partial charge in [-0.3, -0.25) is 0 Å². The van der Waals surface area contributed by atoms with Gasteiger partial charge in [-0.05, 0) is 57.0 Å². The molecular weight excluding hydrogens is 203 g/mol. The molecule has 3 N–H and O–H groups in total. The first kappa shape index (κ1) is 13.1. The number of nitrogens with two attached hydrogens (primary N) is 1. The fourth-order valence-corrected chi connectivity index (χ4v) is 1.55. The van der Waals surface area contributed by atoms with E-state index in [9.17, 15) is 4.39 Å². The average molecular weight is 224 g/mol. The summed E-state index contributed by atoms with van der Waals surface area (Å²) in [6.45, 7) is 5.66. The largest absolute Gasteiger partial charge is 0.328 e. The van der Waals surface area contributed by atoms with Gasteiger partial charge in [0.25, 0.3) is 0 Å². The van der Waals surface area contributed by atoms with E-state index in [1.54, 1.807) is 6.92 Å². The molecule has 1 rings (SSSR count). The van der Waals surface area contributed by atoms with Crippen LogP contribution in [0.2, 0.25) is 0 Å². The monoisotopic (exact) mass is 224 g/mol. The highest BCUT2D eigenvalue weighted by Gasteiger charge is 1.99. The Labute approximate surface area is 97.0 Å². The van der Waals surface area contributed by atoms with E-state index in [2.05, 4.69) is 5.32 Å². The molecule has 1 aromatic rings. The van der Waals surface area contributed by atoms with E-state index in [1.807, 2.05) is 19.1 Å². The zero-order valence-electron chi connectivity index (χ0n) is 10.1. The molecule has 16 heavy (non-hydrogen) atoms.